The first-order valence-electron chi connectivity index (χ1n) is 35.1. The lowest BCUT2D eigenvalue weighted by atomic mass is 10.0. The van der Waals surface area contributed by atoms with Crippen molar-refractivity contribution in [1.82, 2.24) is 90.9 Å². The molecular formula is C83H64N22O4. The van der Waals surface area contributed by atoms with Gasteiger partial charge in [-0.15, -0.1) is 0 Å². The summed E-state index contributed by atoms with van der Waals surface area (Å²) in [5.74, 6) is 2.75. The van der Waals surface area contributed by atoms with Gasteiger partial charge in [-0.1, -0.05) is 118 Å². The second-order valence-corrected chi connectivity index (χ2v) is 25.9. The number of rotatable bonds is 17. The van der Waals surface area contributed by atoms with Crippen LogP contribution in [0.3, 0.4) is 0 Å². The molecule has 0 saturated heterocycles. The number of hydrogen-bond donors (Lipinski definition) is 8. The molecule has 21 rings (SSSR count). The maximum absolute atomic E-state index is 5.62. The Morgan fingerprint density at radius 1 is 0.330 bits per heavy atom. The highest BCUT2D eigenvalue weighted by Crippen LogP contribution is 2.33. The molecule has 0 fully saturated rings. The van der Waals surface area contributed by atoms with E-state index in [1.165, 1.54) is 33.2 Å². The minimum absolute atomic E-state index is 0.570. The molecule has 530 valence electrons. The van der Waals surface area contributed by atoms with Crippen LogP contribution in [0.5, 0.6) is 0 Å². The van der Waals surface area contributed by atoms with E-state index < -0.39 is 0 Å². The lowest BCUT2D eigenvalue weighted by Gasteiger charge is -2.03. The Hall–Kier alpha value is -15.2. The third kappa shape index (κ3) is 14.2. The van der Waals surface area contributed by atoms with Crippen LogP contribution in [0.4, 0.5) is 46.0 Å². The number of aryl methyl sites for hydroxylation is 3. The zero-order chi connectivity index (χ0) is 72.8. The fraction of sp³-hybridized carbons (Fsp3) is 0.0723. The number of fused-ring (bicyclic) bond motifs is 9. The summed E-state index contributed by atoms with van der Waals surface area (Å²) >= 11 is 0. The number of hydrogen-bond acceptors (Lipinski definition) is 21. The van der Waals surface area contributed by atoms with Crippen molar-refractivity contribution < 1.29 is 18.1 Å². The van der Waals surface area contributed by atoms with Crippen LogP contribution in [0.1, 0.15) is 45.0 Å². The average molecular weight is 1430 g/mol. The molecule has 0 saturated carbocycles. The van der Waals surface area contributed by atoms with Gasteiger partial charge in [0.25, 0.3) is 0 Å². The van der Waals surface area contributed by atoms with Gasteiger partial charge in [-0.3, -0.25) is 35.3 Å². The maximum Gasteiger partial charge on any atom is 0.201 e. The van der Waals surface area contributed by atoms with Crippen LogP contribution in [0, 0.1) is 0 Å². The Balaban J connectivity index is 0.000000102. The van der Waals surface area contributed by atoms with E-state index in [1.54, 1.807) is 31.0 Å². The van der Waals surface area contributed by atoms with Crippen molar-refractivity contribution in [1.29, 1.82) is 0 Å². The molecule has 8 N–H and O–H groups in total. The van der Waals surface area contributed by atoms with Gasteiger partial charge in [-0.25, -0.2) is 9.97 Å². The summed E-state index contributed by atoms with van der Waals surface area (Å²) in [4.78, 5) is 21.6. The zero-order valence-corrected chi connectivity index (χ0v) is 58.3. The summed E-state index contributed by atoms with van der Waals surface area (Å²) in [6.07, 6.45) is 14.6. The quantitative estimate of drug-likeness (QED) is 0.0420. The summed E-state index contributed by atoms with van der Waals surface area (Å²) < 4.78 is 24.4. The van der Waals surface area contributed by atoms with Crippen LogP contribution in [0.2, 0.25) is 0 Å². The lowest BCUT2D eigenvalue weighted by molar-refractivity contribution is 0.446. The minimum atomic E-state index is 0.570. The highest BCUT2D eigenvalue weighted by molar-refractivity contribution is 5.94. The number of nitrogens with zero attached hydrogens (tertiary/aromatic N) is 14. The van der Waals surface area contributed by atoms with Crippen LogP contribution in [-0.4, -0.2) is 90.9 Å². The summed E-state index contributed by atoms with van der Waals surface area (Å²) in [6.45, 7) is 0. The zero-order valence-electron chi connectivity index (χ0n) is 58.3. The molecule has 0 radical (unpaired) electrons. The standard InChI is InChI=1S/C23H18N6O.C21H17N5O.C20H15N5O.C19H14N6O/c1-29-10-8-15-11-14(4-7-20(15)29)12-19-17-6-5-16(13-21(17)30-28-19)25-23-22-18(26-27-23)3-2-9-24-22;1-2-5-14(6-3-1)8-11-17-16-10-9-15(13-19(16)27-26-17)23-21-20-18(24-25-21)7-4-12-22-20;1-2-5-13(6-3-1)11-17-15-9-8-14(12-18(15)26-25-17)22-20-19-16(23-24-20)7-4-10-21-19;1-2-4-12(5-3-1)10-15-14-7-6-13(11-16(14)26-25-15)22-19-17-18(23-24-19)21-9-8-20-17/h2-11,13H,12H2,1H3,(H2,25,26,27);1-7,9-10,12-13H,8,11H2,(H2,23,24,25);1-10,12H,11H2,(H2,22,23,24);1-9,11H,10H2,(H2,21,22,23,24). The van der Waals surface area contributed by atoms with Crippen molar-refractivity contribution in [3.63, 3.8) is 0 Å². The van der Waals surface area contributed by atoms with Gasteiger partial charge in [0, 0.05) is 138 Å². The van der Waals surface area contributed by atoms with Crippen LogP contribution in [-0.2, 0) is 39.2 Å². The molecule has 0 aliphatic rings. The third-order valence-electron chi connectivity index (χ3n) is 18.6. The molecule has 13 aromatic heterocycles. The van der Waals surface area contributed by atoms with Crippen molar-refractivity contribution in [2.75, 3.05) is 21.3 Å². The van der Waals surface area contributed by atoms with Gasteiger partial charge in [0.2, 0.25) is 5.65 Å². The molecule has 0 amide bonds. The molecule has 13 heterocycles. The fourth-order valence-electron chi connectivity index (χ4n) is 13.2. The molecular weight excluding hydrogens is 1370 g/mol. The van der Waals surface area contributed by atoms with Crippen molar-refractivity contribution in [3.8, 4) is 0 Å². The van der Waals surface area contributed by atoms with E-state index in [9.17, 15) is 0 Å². The van der Waals surface area contributed by atoms with Gasteiger partial charge in [-0.2, -0.15) is 20.4 Å². The monoisotopic (exact) mass is 1430 g/mol. The first-order valence-corrected chi connectivity index (χ1v) is 35.1. The van der Waals surface area contributed by atoms with E-state index in [0.717, 1.165) is 155 Å². The van der Waals surface area contributed by atoms with E-state index in [1.807, 2.05) is 152 Å². The summed E-state index contributed by atoms with van der Waals surface area (Å²) in [7, 11) is 2.06. The summed E-state index contributed by atoms with van der Waals surface area (Å²) in [5, 5.41) is 64.4. The molecule has 8 aromatic carbocycles. The van der Waals surface area contributed by atoms with Crippen molar-refractivity contribution in [2.45, 2.75) is 32.1 Å². The van der Waals surface area contributed by atoms with E-state index >= 15 is 0 Å². The van der Waals surface area contributed by atoms with Crippen LogP contribution in [0.25, 0.3) is 99.0 Å². The van der Waals surface area contributed by atoms with Crippen molar-refractivity contribution in [3.05, 3.63) is 307 Å². The maximum atomic E-state index is 5.62. The van der Waals surface area contributed by atoms with E-state index in [-0.39, 0.29) is 0 Å². The Morgan fingerprint density at radius 3 is 1.22 bits per heavy atom. The van der Waals surface area contributed by atoms with E-state index in [2.05, 4.69) is 198 Å². The van der Waals surface area contributed by atoms with Gasteiger partial charge in [0.15, 0.2) is 51.1 Å². The van der Waals surface area contributed by atoms with E-state index in [0.29, 0.717) is 34.4 Å². The Kier molecular flexibility index (Phi) is 17.8. The Labute approximate surface area is 618 Å². The second-order valence-electron chi connectivity index (χ2n) is 25.9. The highest BCUT2D eigenvalue weighted by Gasteiger charge is 2.18. The molecule has 0 spiro atoms. The van der Waals surface area contributed by atoms with Gasteiger partial charge in [0.1, 0.15) is 16.6 Å². The molecule has 0 aliphatic carbocycles. The highest BCUT2D eigenvalue weighted by atomic mass is 16.5. The average Bonchev–Trinajstić information content (AvgIpc) is 1.92. The van der Waals surface area contributed by atoms with Crippen LogP contribution in [0.15, 0.2) is 280 Å². The first kappa shape index (κ1) is 65.8. The smallest absolute Gasteiger partial charge is 0.201 e. The predicted molar refractivity (Wildman–Crippen MR) is 421 cm³/mol. The van der Waals surface area contributed by atoms with Crippen LogP contribution >= 0.6 is 0 Å². The van der Waals surface area contributed by atoms with Gasteiger partial charge in [-0.05, 0) is 144 Å². The number of benzene rings is 8. The number of H-pyrrole nitrogens is 4. The number of pyridine rings is 3. The van der Waals surface area contributed by atoms with Gasteiger partial charge >= 0.3 is 0 Å². The normalized spacial score (nSPS) is 11.3. The first-order chi connectivity index (χ1) is 53.8. The van der Waals surface area contributed by atoms with Gasteiger partial charge < -0.3 is 43.9 Å². The second kappa shape index (κ2) is 29.5. The van der Waals surface area contributed by atoms with Gasteiger partial charge in [0.05, 0.1) is 39.3 Å². The number of anilines is 8. The molecule has 0 unspecified atom stereocenters. The largest absolute Gasteiger partial charge is 0.356 e. The van der Waals surface area contributed by atoms with Crippen molar-refractivity contribution in [2.24, 2.45) is 7.05 Å². The van der Waals surface area contributed by atoms with Crippen molar-refractivity contribution >= 4 is 145 Å². The Morgan fingerprint density at radius 2 is 0.743 bits per heavy atom. The molecule has 21 aromatic rings. The lowest BCUT2D eigenvalue weighted by Crippen LogP contribution is -1.93. The number of aromatic nitrogens is 18. The summed E-state index contributed by atoms with van der Waals surface area (Å²) in [6, 6.07) is 74.8. The predicted octanol–water partition coefficient (Wildman–Crippen LogP) is 17.8. The van der Waals surface area contributed by atoms with Crippen LogP contribution < -0.4 is 21.3 Å². The number of nitrogens with one attached hydrogen (secondary N) is 8. The molecule has 26 heteroatoms. The molecule has 109 heavy (non-hydrogen) atoms. The fourth-order valence-corrected chi connectivity index (χ4v) is 13.2. The molecule has 0 bridgehead atoms. The molecule has 26 nitrogen and oxygen atoms in total. The minimum Gasteiger partial charge on any atom is -0.356 e. The topological polar surface area (TPSA) is 336 Å². The Bertz CT molecular complexity index is 6540. The third-order valence-corrected chi connectivity index (χ3v) is 18.6. The number of aromatic amines is 4. The van der Waals surface area contributed by atoms with E-state index in [4.69, 9.17) is 18.1 Å². The summed E-state index contributed by atoms with van der Waals surface area (Å²) in [5.41, 5.74) is 22.7. The SMILES string of the molecule is Cn1ccc2cc(Cc3noc4cc(Nc5n[nH]c6cccnc56)ccc34)ccc21.c1ccc(CCc2noc3cc(Nc4n[nH]c5cccnc45)ccc23)cc1.c1ccc(Cc2noc3cc(Nc4[nH]nc5nccnc45)ccc23)cc1.c1ccc(Cc2noc3cc(Nc4n[nH]c5cccnc45)ccc23)cc1. The molecule has 0 atom stereocenters. The molecule has 0 aliphatic heterocycles.